The molecule has 6 nitrogen and oxygen atoms in total. The SMILES string of the molecule is COc1ccc(-c2nnc(S[C@@H](C)C(=O)Nc3cc(C)ccc3C)n2C)cc1. The third-order valence-corrected chi connectivity index (χ3v) is 5.62. The summed E-state index contributed by atoms with van der Waals surface area (Å²) >= 11 is 1.38. The van der Waals surface area contributed by atoms with Crippen LogP contribution < -0.4 is 10.1 Å². The molecule has 1 atom stereocenters. The molecule has 146 valence electrons. The zero-order chi connectivity index (χ0) is 20.3. The Kier molecular flexibility index (Phi) is 6.04. The molecule has 0 bridgehead atoms. The summed E-state index contributed by atoms with van der Waals surface area (Å²) in [5, 5.41) is 11.9. The lowest BCUT2D eigenvalue weighted by Gasteiger charge is -2.14. The van der Waals surface area contributed by atoms with Crippen molar-refractivity contribution in [1.29, 1.82) is 0 Å². The van der Waals surface area contributed by atoms with Crippen LogP contribution in [-0.2, 0) is 11.8 Å². The summed E-state index contributed by atoms with van der Waals surface area (Å²) in [6, 6.07) is 13.7. The van der Waals surface area contributed by atoms with Gasteiger partial charge in [-0.1, -0.05) is 23.9 Å². The van der Waals surface area contributed by atoms with Crippen molar-refractivity contribution in [2.24, 2.45) is 7.05 Å². The maximum atomic E-state index is 12.6. The van der Waals surface area contributed by atoms with Gasteiger partial charge in [-0.25, -0.2) is 0 Å². The van der Waals surface area contributed by atoms with Gasteiger partial charge in [0.25, 0.3) is 0 Å². The number of benzene rings is 2. The van der Waals surface area contributed by atoms with Gasteiger partial charge >= 0.3 is 0 Å². The van der Waals surface area contributed by atoms with Crippen molar-refractivity contribution >= 4 is 23.4 Å². The standard InChI is InChI=1S/C21H24N4O2S/c1-13-6-7-14(2)18(12-13)22-20(26)15(3)28-21-24-23-19(25(21)4)16-8-10-17(27-5)11-9-16/h6-12,15H,1-5H3,(H,22,26)/t15-/m0/s1. The van der Waals surface area contributed by atoms with Gasteiger partial charge < -0.3 is 14.6 Å². The molecule has 0 saturated heterocycles. The van der Waals surface area contributed by atoms with E-state index < -0.39 is 0 Å². The van der Waals surface area contributed by atoms with Crippen LogP contribution in [0.25, 0.3) is 11.4 Å². The van der Waals surface area contributed by atoms with Crippen molar-refractivity contribution in [2.75, 3.05) is 12.4 Å². The molecule has 3 rings (SSSR count). The van der Waals surface area contributed by atoms with E-state index in [0.717, 1.165) is 34.0 Å². The number of thioether (sulfide) groups is 1. The van der Waals surface area contributed by atoms with Gasteiger partial charge in [-0.15, -0.1) is 10.2 Å². The van der Waals surface area contributed by atoms with Gasteiger partial charge in [-0.2, -0.15) is 0 Å². The second-order valence-electron chi connectivity index (χ2n) is 6.66. The molecular formula is C21H24N4O2S. The van der Waals surface area contributed by atoms with Crippen molar-refractivity contribution in [2.45, 2.75) is 31.2 Å². The molecular weight excluding hydrogens is 372 g/mol. The number of anilines is 1. The van der Waals surface area contributed by atoms with Gasteiger partial charge in [-0.3, -0.25) is 4.79 Å². The summed E-state index contributed by atoms with van der Waals surface area (Å²) in [7, 11) is 3.54. The fraction of sp³-hybridized carbons (Fsp3) is 0.286. The molecule has 1 aromatic heterocycles. The number of aromatic nitrogens is 3. The zero-order valence-corrected chi connectivity index (χ0v) is 17.5. The Morgan fingerprint density at radius 2 is 1.86 bits per heavy atom. The zero-order valence-electron chi connectivity index (χ0n) is 16.7. The quantitative estimate of drug-likeness (QED) is 0.632. The molecule has 0 aliphatic heterocycles. The minimum absolute atomic E-state index is 0.0623. The van der Waals surface area contributed by atoms with E-state index in [1.54, 1.807) is 7.11 Å². The van der Waals surface area contributed by atoms with E-state index in [1.165, 1.54) is 11.8 Å². The molecule has 0 radical (unpaired) electrons. The third-order valence-electron chi connectivity index (χ3n) is 4.49. The summed E-state index contributed by atoms with van der Waals surface area (Å²) in [4.78, 5) is 12.6. The Balaban J connectivity index is 1.71. The molecule has 3 aromatic rings. The van der Waals surface area contributed by atoms with Gasteiger partial charge in [0, 0.05) is 18.3 Å². The molecule has 0 saturated carbocycles. The summed E-state index contributed by atoms with van der Waals surface area (Å²) in [6.07, 6.45) is 0. The first kappa shape index (κ1) is 19.9. The average molecular weight is 397 g/mol. The second kappa shape index (κ2) is 8.48. The highest BCUT2D eigenvalue weighted by Crippen LogP contribution is 2.27. The van der Waals surface area contributed by atoms with Crippen LogP contribution in [0.1, 0.15) is 18.1 Å². The molecule has 1 heterocycles. The molecule has 2 aromatic carbocycles. The molecule has 1 amide bonds. The van der Waals surface area contributed by atoms with Gasteiger partial charge in [0.15, 0.2) is 11.0 Å². The topological polar surface area (TPSA) is 69.0 Å². The Hall–Kier alpha value is -2.80. The number of ether oxygens (including phenoxy) is 1. The molecule has 0 aliphatic carbocycles. The lowest BCUT2D eigenvalue weighted by Crippen LogP contribution is -2.23. The van der Waals surface area contributed by atoms with Gasteiger partial charge in [0.1, 0.15) is 5.75 Å². The largest absolute Gasteiger partial charge is 0.497 e. The number of hydrogen-bond acceptors (Lipinski definition) is 5. The number of methoxy groups -OCH3 is 1. The van der Waals surface area contributed by atoms with E-state index in [9.17, 15) is 4.79 Å². The van der Waals surface area contributed by atoms with Crippen LogP contribution in [-0.4, -0.2) is 33.0 Å². The van der Waals surface area contributed by atoms with Crippen LogP contribution in [0.5, 0.6) is 5.75 Å². The molecule has 0 fully saturated rings. The summed E-state index contributed by atoms with van der Waals surface area (Å²) in [6.45, 7) is 5.86. The Morgan fingerprint density at radius 3 is 2.54 bits per heavy atom. The number of nitrogens with one attached hydrogen (secondary N) is 1. The maximum absolute atomic E-state index is 12.6. The van der Waals surface area contributed by atoms with Gasteiger partial charge in [0.2, 0.25) is 5.91 Å². The molecule has 0 unspecified atom stereocenters. The highest BCUT2D eigenvalue weighted by atomic mass is 32.2. The minimum Gasteiger partial charge on any atom is -0.497 e. The monoisotopic (exact) mass is 396 g/mol. The van der Waals surface area contributed by atoms with Crippen molar-refractivity contribution in [3.8, 4) is 17.1 Å². The number of carbonyl (C=O) groups excluding carboxylic acids is 1. The van der Waals surface area contributed by atoms with Crippen molar-refractivity contribution in [3.05, 3.63) is 53.6 Å². The first-order chi connectivity index (χ1) is 13.4. The van der Waals surface area contributed by atoms with E-state index in [0.29, 0.717) is 5.16 Å². The lowest BCUT2D eigenvalue weighted by atomic mass is 10.1. The fourth-order valence-corrected chi connectivity index (χ4v) is 3.54. The van der Waals surface area contributed by atoms with E-state index >= 15 is 0 Å². The summed E-state index contributed by atoms with van der Waals surface area (Å²) in [5.74, 6) is 1.47. The number of carbonyl (C=O) groups is 1. The van der Waals surface area contributed by atoms with Crippen molar-refractivity contribution < 1.29 is 9.53 Å². The Morgan fingerprint density at radius 1 is 1.14 bits per heavy atom. The molecule has 1 N–H and O–H groups in total. The van der Waals surface area contributed by atoms with Crippen LogP contribution in [0.3, 0.4) is 0 Å². The second-order valence-corrected chi connectivity index (χ2v) is 7.97. The van der Waals surface area contributed by atoms with Crippen LogP contribution in [0.15, 0.2) is 47.6 Å². The Bertz CT molecular complexity index is 983. The van der Waals surface area contributed by atoms with E-state index in [1.807, 2.05) is 74.9 Å². The first-order valence-corrected chi connectivity index (χ1v) is 9.85. The molecule has 28 heavy (non-hydrogen) atoms. The summed E-state index contributed by atoms with van der Waals surface area (Å²) in [5.41, 5.74) is 3.93. The van der Waals surface area contributed by atoms with Crippen LogP contribution in [0.4, 0.5) is 5.69 Å². The van der Waals surface area contributed by atoms with Crippen LogP contribution in [0.2, 0.25) is 0 Å². The predicted molar refractivity (Wildman–Crippen MR) is 113 cm³/mol. The number of hydrogen-bond donors (Lipinski definition) is 1. The molecule has 0 spiro atoms. The normalized spacial score (nSPS) is 11.9. The number of nitrogens with zero attached hydrogens (tertiary/aromatic N) is 3. The molecule has 0 aliphatic rings. The average Bonchev–Trinajstić information content (AvgIpc) is 3.05. The number of amides is 1. The van der Waals surface area contributed by atoms with E-state index in [4.69, 9.17) is 4.74 Å². The smallest absolute Gasteiger partial charge is 0.237 e. The number of aryl methyl sites for hydroxylation is 2. The number of rotatable bonds is 6. The first-order valence-electron chi connectivity index (χ1n) is 8.97. The van der Waals surface area contributed by atoms with Gasteiger partial charge in [-0.05, 0) is 62.2 Å². The van der Waals surface area contributed by atoms with Crippen LogP contribution in [0, 0.1) is 13.8 Å². The highest BCUT2D eigenvalue weighted by molar-refractivity contribution is 8.00. The predicted octanol–water partition coefficient (Wildman–Crippen LogP) is 4.23. The van der Waals surface area contributed by atoms with E-state index in [-0.39, 0.29) is 11.2 Å². The van der Waals surface area contributed by atoms with Gasteiger partial charge in [0.05, 0.1) is 12.4 Å². The van der Waals surface area contributed by atoms with Crippen molar-refractivity contribution in [1.82, 2.24) is 14.8 Å². The molecule has 7 heteroatoms. The fourth-order valence-electron chi connectivity index (χ4n) is 2.73. The van der Waals surface area contributed by atoms with Crippen molar-refractivity contribution in [3.63, 3.8) is 0 Å². The van der Waals surface area contributed by atoms with E-state index in [2.05, 4.69) is 15.5 Å². The highest BCUT2D eigenvalue weighted by Gasteiger charge is 2.20. The minimum atomic E-state index is -0.313. The maximum Gasteiger partial charge on any atom is 0.237 e. The Labute approximate surface area is 169 Å². The third kappa shape index (κ3) is 4.36. The lowest BCUT2D eigenvalue weighted by molar-refractivity contribution is -0.115. The summed E-state index contributed by atoms with van der Waals surface area (Å²) < 4.78 is 7.09. The van der Waals surface area contributed by atoms with Crippen LogP contribution >= 0.6 is 11.8 Å².